The lowest BCUT2D eigenvalue weighted by molar-refractivity contribution is -0.116. The van der Waals surface area contributed by atoms with Crippen molar-refractivity contribution in [3.63, 3.8) is 0 Å². The quantitative estimate of drug-likeness (QED) is 0.282. The molecule has 1 N–H and O–H groups in total. The number of rotatable bonds is 4. The van der Waals surface area contributed by atoms with Crippen LogP contribution in [-0.2, 0) is 9.59 Å². The number of nitrogens with one attached hydrogen (secondary N) is 1. The van der Waals surface area contributed by atoms with E-state index >= 15 is 0 Å². The van der Waals surface area contributed by atoms with Crippen LogP contribution in [0, 0.1) is 0 Å². The number of benzene rings is 2. The van der Waals surface area contributed by atoms with E-state index in [-0.39, 0.29) is 23.7 Å². The number of para-hydroxylation sites is 1. The Morgan fingerprint density at radius 2 is 1.76 bits per heavy atom. The third-order valence-corrected chi connectivity index (χ3v) is 8.31. The van der Waals surface area contributed by atoms with Gasteiger partial charge in [0, 0.05) is 62.9 Å². The van der Waals surface area contributed by atoms with Crippen LogP contribution in [0.1, 0.15) is 24.2 Å². The van der Waals surface area contributed by atoms with Crippen LogP contribution >= 0.6 is 11.8 Å². The number of carbonyl (C=O) groups excluding carboxylic acids is 3. The highest BCUT2D eigenvalue weighted by atomic mass is 32.2. The van der Waals surface area contributed by atoms with E-state index in [2.05, 4.69) is 32.1 Å². The molecule has 1 fully saturated rings. The number of amides is 2. The number of piperazine rings is 1. The van der Waals surface area contributed by atoms with Crippen LogP contribution in [-0.4, -0.2) is 70.4 Å². The third kappa shape index (κ3) is 5.21. The maximum atomic E-state index is 13.0. The second-order valence-corrected chi connectivity index (χ2v) is 11.1. The van der Waals surface area contributed by atoms with E-state index in [1.165, 1.54) is 36.7 Å². The van der Waals surface area contributed by atoms with Crippen molar-refractivity contribution in [3.8, 4) is 0 Å². The highest BCUT2D eigenvalue weighted by Gasteiger charge is 2.26. The summed E-state index contributed by atoms with van der Waals surface area (Å²) in [5.74, 6) is -0.411. The van der Waals surface area contributed by atoms with Gasteiger partial charge in [-0.05, 0) is 43.5 Å². The number of likely N-dealkylation sites (N-methyl/N-ethyl adjacent to an activating group) is 1. The number of hydrogen-bond acceptors (Lipinski definition) is 8. The van der Waals surface area contributed by atoms with Gasteiger partial charge in [0.1, 0.15) is 5.03 Å². The number of fused-ring (bicyclic) bond motifs is 2. The average molecular weight is 568 g/mol. The fourth-order valence-electron chi connectivity index (χ4n) is 5.10. The summed E-state index contributed by atoms with van der Waals surface area (Å²) >= 11 is 1.20. The lowest BCUT2D eigenvalue weighted by atomic mass is 10.1. The van der Waals surface area contributed by atoms with E-state index in [0.717, 1.165) is 48.3 Å². The minimum atomic E-state index is -0.290. The van der Waals surface area contributed by atoms with Gasteiger partial charge in [-0.25, -0.2) is 14.9 Å². The molecule has 2 aromatic heterocycles. The van der Waals surface area contributed by atoms with Gasteiger partial charge in [-0.1, -0.05) is 30.0 Å². The van der Waals surface area contributed by atoms with Gasteiger partial charge in [0.25, 0.3) is 5.91 Å². The number of hydrogen-bond donors (Lipinski definition) is 1. The molecule has 2 amide bonds. The van der Waals surface area contributed by atoms with Gasteiger partial charge >= 0.3 is 0 Å². The van der Waals surface area contributed by atoms with Crippen molar-refractivity contribution >= 4 is 69.5 Å². The van der Waals surface area contributed by atoms with Gasteiger partial charge in [0.05, 0.1) is 28.0 Å². The smallest absolute Gasteiger partial charge is 0.262 e. The van der Waals surface area contributed by atoms with Crippen LogP contribution in [0.3, 0.4) is 0 Å². The molecule has 0 unspecified atom stereocenters. The van der Waals surface area contributed by atoms with E-state index in [1.807, 2.05) is 48.5 Å². The number of anilines is 4. The van der Waals surface area contributed by atoms with Crippen molar-refractivity contribution in [2.24, 2.45) is 0 Å². The maximum absolute atomic E-state index is 13.0. The average Bonchev–Trinajstić information content (AvgIpc) is 3.33. The molecule has 41 heavy (non-hydrogen) atoms. The first-order chi connectivity index (χ1) is 19.8. The molecule has 0 bridgehead atoms. The molecule has 4 aromatic rings. The Morgan fingerprint density at radius 3 is 2.46 bits per heavy atom. The van der Waals surface area contributed by atoms with Crippen molar-refractivity contribution in [2.45, 2.75) is 18.9 Å². The second-order valence-electron chi connectivity index (χ2n) is 10.1. The van der Waals surface area contributed by atoms with E-state index in [0.29, 0.717) is 21.3 Å². The van der Waals surface area contributed by atoms with Crippen molar-refractivity contribution in [1.82, 2.24) is 19.4 Å². The van der Waals surface area contributed by atoms with Crippen LogP contribution < -0.4 is 15.1 Å². The Labute approximate surface area is 241 Å². The lowest BCUT2D eigenvalue weighted by Gasteiger charge is -2.34. The molecule has 2 aromatic carbocycles. The number of thioether (sulfide) groups is 1. The SMILES string of the molecule is CC(=O)N(c1ccc(N2CCN(C)CC2)cc1)c1ncc2c(n1)SC(=Cc1cn(C(C)=O)c3ccccc13)C(=O)N2. The topological polar surface area (TPSA) is 104 Å². The lowest BCUT2D eigenvalue weighted by Crippen LogP contribution is -2.44. The summed E-state index contributed by atoms with van der Waals surface area (Å²) in [6.07, 6.45) is 5.01. The van der Waals surface area contributed by atoms with Crippen molar-refractivity contribution in [3.05, 3.63) is 71.4 Å². The first-order valence-electron chi connectivity index (χ1n) is 13.3. The highest BCUT2D eigenvalue weighted by molar-refractivity contribution is 8.04. The van der Waals surface area contributed by atoms with Crippen LogP contribution in [0.25, 0.3) is 17.0 Å². The minimum Gasteiger partial charge on any atom is -0.369 e. The van der Waals surface area contributed by atoms with Crippen molar-refractivity contribution < 1.29 is 14.4 Å². The molecular formula is C30H29N7O3S. The van der Waals surface area contributed by atoms with Crippen molar-refractivity contribution in [2.75, 3.05) is 48.3 Å². The number of nitrogens with zero attached hydrogens (tertiary/aromatic N) is 6. The summed E-state index contributed by atoms with van der Waals surface area (Å²) in [4.78, 5) is 53.5. The fourth-order valence-corrected chi connectivity index (χ4v) is 5.98. The van der Waals surface area contributed by atoms with Crippen LogP contribution in [0.15, 0.2) is 70.9 Å². The molecule has 10 nitrogen and oxygen atoms in total. The third-order valence-electron chi connectivity index (χ3n) is 7.28. The zero-order chi connectivity index (χ0) is 28.7. The Hall–Kier alpha value is -4.48. The maximum Gasteiger partial charge on any atom is 0.262 e. The molecular weight excluding hydrogens is 538 g/mol. The summed E-state index contributed by atoms with van der Waals surface area (Å²) in [5, 5.41) is 4.24. The largest absolute Gasteiger partial charge is 0.369 e. The van der Waals surface area contributed by atoms with Gasteiger partial charge in [0.2, 0.25) is 17.8 Å². The predicted octanol–water partition coefficient (Wildman–Crippen LogP) is 4.61. The molecule has 0 spiro atoms. The summed E-state index contributed by atoms with van der Waals surface area (Å²) < 4.78 is 1.57. The Bertz CT molecular complexity index is 1710. The zero-order valence-corrected chi connectivity index (χ0v) is 23.8. The van der Waals surface area contributed by atoms with Crippen LogP contribution in [0.5, 0.6) is 0 Å². The summed E-state index contributed by atoms with van der Waals surface area (Å²) in [6.45, 7) is 6.90. The number of carbonyl (C=O) groups is 3. The Morgan fingerprint density at radius 1 is 1.02 bits per heavy atom. The van der Waals surface area contributed by atoms with E-state index in [9.17, 15) is 14.4 Å². The molecule has 0 atom stereocenters. The molecule has 11 heteroatoms. The Balaban J connectivity index is 1.30. The van der Waals surface area contributed by atoms with Gasteiger partial charge in [-0.3, -0.25) is 19.0 Å². The first-order valence-corrected chi connectivity index (χ1v) is 14.1. The van der Waals surface area contributed by atoms with E-state index in [1.54, 1.807) is 16.8 Å². The van der Waals surface area contributed by atoms with E-state index in [4.69, 9.17) is 0 Å². The van der Waals surface area contributed by atoms with Crippen LogP contribution in [0.4, 0.5) is 23.0 Å². The first kappa shape index (κ1) is 26.7. The zero-order valence-electron chi connectivity index (χ0n) is 23.0. The number of aromatic nitrogens is 3. The van der Waals surface area contributed by atoms with Gasteiger partial charge in [-0.2, -0.15) is 0 Å². The standard InChI is InChI=1S/C30H29N7O3S/c1-19(38)36-18-21(24-6-4-5-7-26(24)36)16-27-28(40)32-25-17-31-30(33-29(25)41-27)37(20(2)39)23-10-8-22(9-11-23)35-14-12-34(3)13-15-35/h4-11,16-18H,12-15H2,1-3H3,(H,32,40). The molecule has 208 valence electrons. The second kappa shape index (κ2) is 10.8. The summed E-state index contributed by atoms with van der Waals surface area (Å²) in [6, 6.07) is 15.4. The van der Waals surface area contributed by atoms with Gasteiger partial charge in [0.15, 0.2) is 0 Å². The fraction of sp³-hybridized carbons (Fsp3) is 0.233. The molecule has 6 rings (SSSR count). The molecule has 1 saturated heterocycles. The molecule has 0 aliphatic carbocycles. The van der Waals surface area contributed by atoms with Crippen molar-refractivity contribution in [1.29, 1.82) is 0 Å². The summed E-state index contributed by atoms with van der Waals surface area (Å²) in [7, 11) is 2.12. The molecule has 0 saturated carbocycles. The predicted molar refractivity (Wildman–Crippen MR) is 162 cm³/mol. The Kier molecular flexibility index (Phi) is 7.06. The minimum absolute atomic E-state index is 0.116. The van der Waals surface area contributed by atoms with Gasteiger partial charge < -0.3 is 15.1 Å². The monoisotopic (exact) mass is 567 g/mol. The molecule has 2 aliphatic heterocycles. The molecule has 0 radical (unpaired) electrons. The highest BCUT2D eigenvalue weighted by Crippen LogP contribution is 2.39. The normalized spacial score (nSPS) is 16.5. The van der Waals surface area contributed by atoms with Gasteiger partial charge in [-0.15, -0.1) is 0 Å². The van der Waals surface area contributed by atoms with E-state index < -0.39 is 0 Å². The summed E-state index contributed by atoms with van der Waals surface area (Å²) in [5.41, 5.74) is 3.76. The van der Waals surface area contributed by atoms with Crippen LogP contribution in [0.2, 0.25) is 0 Å². The molecule has 2 aliphatic rings. The molecule has 4 heterocycles.